The summed E-state index contributed by atoms with van der Waals surface area (Å²) in [5, 5.41) is -0.129. The average molecular weight is 283 g/mol. The van der Waals surface area contributed by atoms with Crippen LogP contribution in [0.3, 0.4) is 0 Å². The lowest BCUT2D eigenvalue weighted by Gasteiger charge is -2.06. The van der Waals surface area contributed by atoms with Crippen LogP contribution >= 0.6 is 11.6 Å². The Hall–Kier alpha value is -2.21. The van der Waals surface area contributed by atoms with Gasteiger partial charge in [0.1, 0.15) is 5.82 Å². The smallest absolute Gasteiger partial charge is 0.313 e. The van der Waals surface area contributed by atoms with Crippen molar-refractivity contribution in [3.05, 3.63) is 61.6 Å². The zero-order valence-corrected chi connectivity index (χ0v) is 10.5. The molecule has 0 radical (unpaired) electrons. The second-order valence-corrected chi connectivity index (χ2v) is 4.21. The molecule has 2 aromatic rings. The summed E-state index contributed by atoms with van der Waals surface area (Å²) in [6.45, 7) is 1.20. The lowest BCUT2D eigenvalue weighted by atomic mass is 10.2. The van der Waals surface area contributed by atoms with Crippen LogP contribution in [0, 0.1) is 5.82 Å². The van der Waals surface area contributed by atoms with E-state index in [0.717, 1.165) is 12.3 Å². The van der Waals surface area contributed by atoms with Gasteiger partial charge in [-0.2, -0.15) is 0 Å². The Morgan fingerprint density at radius 3 is 2.63 bits per heavy atom. The predicted octanol–water partition coefficient (Wildman–Crippen LogP) is 1.52. The molecule has 0 atom stereocenters. The van der Waals surface area contributed by atoms with Gasteiger partial charge >= 0.3 is 5.69 Å². The highest BCUT2D eigenvalue weighted by Crippen LogP contribution is 2.16. The zero-order chi connectivity index (χ0) is 14.2. The molecule has 1 aromatic carbocycles. The first-order valence-corrected chi connectivity index (χ1v) is 5.60. The van der Waals surface area contributed by atoms with Crippen molar-refractivity contribution < 1.29 is 9.18 Å². The molecule has 0 unspecified atom stereocenters. The molecular weight excluding hydrogens is 275 g/mol. The number of aromatic amines is 1. The van der Waals surface area contributed by atoms with Crippen molar-refractivity contribution in [1.82, 2.24) is 9.55 Å². The van der Waals surface area contributed by atoms with Crippen molar-refractivity contribution in [2.24, 2.45) is 0 Å². The number of carbonyl (C=O) groups is 1. The maximum atomic E-state index is 13.4. The van der Waals surface area contributed by atoms with Gasteiger partial charge in [-0.15, -0.1) is 0 Å². The van der Waals surface area contributed by atoms with E-state index in [4.69, 9.17) is 11.6 Å². The summed E-state index contributed by atoms with van der Waals surface area (Å²) >= 11 is 5.53. The molecule has 0 aliphatic carbocycles. The number of nitrogens with zero attached hydrogens (tertiary/aromatic N) is 1. The van der Waals surface area contributed by atoms with Gasteiger partial charge in [-0.05, 0) is 25.1 Å². The van der Waals surface area contributed by atoms with Gasteiger partial charge in [0, 0.05) is 6.20 Å². The van der Waals surface area contributed by atoms with E-state index in [0.29, 0.717) is 4.57 Å². The minimum atomic E-state index is -0.807. The van der Waals surface area contributed by atoms with Crippen molar-refractivity contribution in [3.8, 4) is 5.69 Å². The van der Waals surface area contributed by atoms with E-state index in [1.54, 1.807) is 0 Å². The molecule has 7 heteroatoms. The molecule has 1 N–H and O–H groups in total. The van der Waals surface area contributed by atoms with Crippen LogP contribution in [0.1, 0.15) is 17.3 Å². The standard InChI is InChI=1S/C12H8ClFN2O3/c1-6(17)8-5-15-12(19)16(11(8)18)7-2-3-9(13)10(14)4-7/h2-5H,1H3,(H,15,19). The molecule has 98 valence electrons. The molecule has 0 aliphatic heterocycles. The predicted molar refractivity (Wildman–Crippen MR) is 67.6 cm³/mol. The molecule has 0 amide bonds. The molecule has 0 saturated heterocycles. The largest absolute Gasteiger partial charge is 0.333 e. The highest BCUT2D eigenvalue weighted by atomic mass is 35.5. The van der Waals surface area contributed by atoms with Crippen molar-refractivity contribution in [3.63, 3.8) is 0 Å². The Bertz CT molecular complexity index is 779. The summed E-state index contributed by atoms with van der Waals surface area (Å²) < 4.78 is 14.0. The summed E-state index contributed by atoms with van der Waals surface area (Å²) in [5.41, 5.74) is -1.76. The van der Waals surface area contributed by atoms with Gasteiger partial charge in [0.05, 0.1) is 16.3 Å². The summed E-state index contributed by atoms with van der Waals surface area (Å²) in [6.07, 6.45) is 1.04. The van der Waals surface area contributed by atoms with Crippen molar-refractivity contribution in [2.75, 3.05) is 0 Å². The van der Waals surface area contributed by atoms with Gasteiger partial charge in [0.25, 0.3) is 5.56 Å². The molecule has 0 aliphatic rings. The maximum Gasteiger partial charge on any atom is 0.333 e. The molecule has 1 heterocycles. The summed E-state index contributed by atoms with van der Waals surface area (Å²) in [6, 6.07) is 3.48. The van der Waals surface area contributed by atoms with Gasteiger partial charge in [0.15, 0.2) is 5.78 Å². The van der Waals surface area contributed by atoms with E-state index in [-0.39, 0.29) is 16.3 Å². The lowest BCUT2D eigenvalue weighted by molar-refractivity contribution is 0.101. The topological polar surface area (TPSA) is 71.9 Å². The average Bonchev–Trinajstić information content (AvgIpc) is 2.33. The fraction of sp³-hybridized carbons (Fsp3) is 0.0833. The number of hydrogen-bond acceptors (Lipinski definition) is 3. The van der Waals surface area contributed by atoms with Crippen LogP contribution < -0.4 is 11.2 Å². The number of benzene rings is 1. The van der Waals surface area contributed by atoms with Crippen LogP contribution in [0.2, 0.25) is 5.02 Å². The van der Waals surface area contributed by atoms with Crippen molar-refractivity contribution in [2.45, 2.75) is 6.92 Å². The van der Waals surface area contributed by atoms with Crippen molar-refractivity contribution in [1.29, 1.82) is 0 Å². The van der Waals surface area contributed by atoms with Crippen LogP contribution in [0.15, 0.2) is 34.0 Å². The quantitative estimate of drug-likeness (QED) is 0.849. The van der Waals surface area contributed by atoms with Gasteiger partial charge in [0.2, 0.25) is 0 Å². The number of H-pyrrole nitrogens is 1. The molecule has 0 saturated carbocycles. The van der Waals surface area contributed by atoms with Crippen LogP contribution in [0.5, 0.6) is 0 Å². The Balaban J connectivity index is 2.78. The minimum absolute atomic E-state index is 0.00347. The molecule has 19 heavy (non-hydrogen) atoms. The van der Waals surface area contributed by atoms with E-state index in [1.165, 1.54) is 19.1 Å². The number of halogens is 2. The van der Waals surface area contributed by atoms with Crippen LogP contribution in [0.4, 0.5) is 4.39 Å². The molecular formula is C12H8ClFN2O3. The number of carbonyl (C=O) groups excluding carboxylic acids is 1. The number of hydrogen-bond donors (Lipinski definition) is 1. The second kappa shape index (κ2) is 4.81. The third kappa shape index (κ3) is 2.34. The van der Waals surface area contributed by atoms with Gasteiger partial charge < -0.3 is 4.98 Å². The lowest BCUT2D eigenvalue weighted by Crippen LogP contribution is -2.36. The third-order valence-electron chi connectivity index (χ3n) is 2.52. The van der Waals surface area contributed by atoms with Gasteiger partial charge in [-0.1, -0.05) is 11.6 Å². The number of nitrogens with one attached hydrogen (secondary N) is 1. The fourth-order valence-electron chi connectivity index (χ4n) is 1.58. The Morgan fingerprint density at radius 1 is 1.37 bits per heavy atom. The summed E-state index contributed by atoms with van der Waals surface area (Å²) in [7, 11) is 0. The number of ketones is 1. The van der Waals surface area contributed by atoms with Gasteiger partial charge in [-0.3, -0.25) is 9.59 Å². The third-order valence-corrected chi connectivity index (χ3v) is 2.82. The Morgan fingerprint density at radius 2 is 2.05 bits per heavy atom. The van der Waals surface area contributed by atoms with E-state index < -0.39 is 22.8 Å². The molecule has 2 rings (SSSR count). The number of aromatic nitrogens is 2. The zero-order valence-electron chi connectivity index (χ0n) is 9.74. The maximum absolute atomic E-state index is 13.4. The summed E-state index contributed by atoms with van der Waals surface area (Å²) in [5.74, 6) is -1.26. The number of rotatable bonds is 2. The van der Waals surface area contributed by atoms with E-state index in [1.807, 2.05) is 0 Å². The SMILES string of the molecule is CC(=O)c1c[nH]c(=O)n(-c2ccc(Cl)c(F)c2)c1=O. The van der Waals surface area contributed by atoms with E-state index in [9.17, 15) is 18.8 Å². The van der Waals surface area contributed by atoms with E-state index >= 15 is 0 Å². The molecule has 0 fully saturated rings. The first kappa shape index (κ1) is 13.2. The van der Waals surface area contributed by atoms with Gasteiger partial charge in [-0.25, -0.2) is 13.8 Å². The molecule has 0 spiro atoms. The van der Waals surface area contributed by atoms with Crippen LogP contribution in [-0.2, 0) is 0 Å². The molecule has 1 aromatic heterocycles. The Kier molecular flexibility index (Phi) is 3.35. The first-order chi connectivity index (χ1) is 8.91. The van der Waals surface area contributed by atoms with E-state index in [2.05, 4.69) is 4.98 Å². The Labute approximate surface area is 111 Å². The normalized spacial score (nSPS) is 10.5. The second-order valence-electron chi connectivity index (χ2n) is 3.80. The number of Topliss-reactive ketones (excluding diaryl/α,β-unsaturated/α-hetero) is 1. The minimum Gasteiger partial charge on any atom is -0.313 e. The van der Waals surface area contributed by atoms with Crippen LogP contribution in [0.25, 0.3) is 5.69 Å². The van der Waals surface area contributed by atoms with Crippen molar-refractivity contribution >= 4 is 17.4 Å². The highest BCUT2D eigenvalue weighted by Gasteiger charge is 2.13. The summed E-state index contributed by atoms with van der Waals surface area (Å²) in [4.78, 5) is 37.2. The molecule has 5 nitrogen and oxygen atoms in total. The monoisotopic (exact) mass is 282 g/mol. The first-order valence-electron chi connectivity index (χ1n) is 5.23. The fourth-order valence-corrected chi connectivity index (χ4v) is 1.70. The molecule has 0 bridgehead atoms. The van der Waals surface area contributed by atoms with Crippen LogP contribution in [-0.4, -0.2) is 15.3 Å². The highest BCUT2D eigenvalue weighted by molar-refractivity contribution is 6.30.